The number of halogens is 1. The van der Waals surface area contributed by atoms with Gasteiger partial charge in [0.2, 0.25) is 0 Å². The number of hydrogen-bond donors (Lipinski definition) is 3. The van der Waals surface area contributed by atoms with Gasteiger partial charge in [-0.1, -0.05) is 52.3 Å². The summed E-state index contributed by atoms with van der Waals surface area (Å²) in [4.78, 5) is 26.8. The van der Waals surface area contributed by atoms with Gasteiger partial charge in [-0.3, -0.25) is 14.5 Å². The van der Waals surface area contributed by atoms with Crippen molar-refractivity contribution in [2.75, 3.05) is 35.2 Å². The predicted molar refractivity (Wildman–Crippen MR) is 155 cm³/mol. The van der Waals surface area contributed by atoms with E-state index in [9.17, 15) is 9.59 Å². The van der Waals surface area contributed by atoms with Crippen LogP contribution in [0.1, 0.15) is 28.7 Å². The number of rotatable bonds is 8. The fraction of sp³-hybridized carbons (Fsp3) is 0.241. The first-order valence-corrected chi connectivity index (χ1v) is 14.2. The third-order valence-corrected chi connectivity index (χ3v) is 7.99. The van der Waals surface area contributed by atoms with E-state index in [-0.39, 0.29) is 12.3 Å². The van der Waals surface area contributed by atoms with E-state index < -0.39 is 5.97 Å². The summed E-state index contributed by atoms with van der Waals surface area (Å²) in [6.45, 7) is 3.17. The van der Waals surface area contributed by atoms with Gasteiger partial charge in [-0.05, 0) is 53.4 Å². The minimum atomic E-state index is -0.833. The number of benzene rings is 3. The Morgan fingerprint density at radius 1 is 1.03 bits per heavy atom. The van der Waals surface area contributed by atoms with Gasteiger partial charge >= 0.3 is 5.97 Å². The number of aliphatic carboxylic acids is 1. The lowest BCUT2D eigenvalue weighted by atomic mass is 9.97. The van der Waals surface area contributed by atoms with Crippen LogP contribution in [0.3, 0.4) is 0 Å². The number of aryl methyl sites for hydroxylation is 1. The van der Waals surface area contributed by atoms with E-state index in [2.05, 4.69) is 55.7 Å². The van der Waals surface area contributed by atoms with Crippen LogP contribution in [-0.2, 0) is 22.6 Å². The molecule has 0 spiro atoms. The number of nitrogens with zero attached hydrogens (tertiary/aromatic N) is 1. The van der Waals surface area contributed by atoms with Crippen LogP contribution < -0.4 is 10.6 Å². The molecule has 8 heteroatoms. The molecule has 3 aromatic rings. The highest BCUT2D eigenvalue weighted by Gasteiger charge is 2.28. The Hall–Kier alpha value is -3.07. The van der Waals surface area contributed by atoms with Gasteiger partial charge in [0.25, 0.3) is 5.91 Å². The Labute approximate surface area is 229 Å². The molecule has 3 aromatic carbocycles. The molecule has 1 fully saturated rings. The third-order valence-electron chi connectivity index (χ3n) is 6.55. The summed E-state index contributed by atoms with van der Waals surface area (Å²) in [6, 6.07) is 21.9. The number of carboxylic acids is 1. The van der Waals surface area contributed by atoms with Crippen LogP contribution in [-0.4, -0.2) is 46.5 Å². The summed E-state index contributed by atoms with van der Waals surface area (Å²) in [5.74, 6) is 1.36. The van der Waals surface area contributed by atoms with Crippen LogP contribution in [0.25, 0.3) is 11.3 Å². The highest BCUT2D eigenvalue weighted by Crippen LogP contribution is 2.39. The molecule has 6 nitrogen and oxygen atoms in total. The van der Waals surface area contributed by atoms with Crippen molar-refractivity contribution in [1.29, 1.82) is 0 Å². The van der Waals surface area contributed by atoms with Crippen molar-refractivity contribution in [3.63, 3.8) is 0 Å². The fourth-order valence-electron chi connectivity index (χ4n) is 4.66. The number of fused-ring (bicyclic) bond motifs is 1. The minimum Gasteiger partial charge on any atom is -0.481 e. The number of hydrogen-bond acceptors (Lipinski definition) is 5. The van der Waals surface area contributed by atoms with Gasteiger partial charge in [-0.15, -0.1) is 0 Å². The number of carbonyl (C=O) groups is 2. The molecule has 0 aliphatic carbocycles. The molecule has 0 radical (unpaired) electrons. The maximum absolute atomic E-state index is 13.2. The molecule has 3 N–H and O–H groups in total. The molecule has 1 amide bonds. The Morgan fingerprint density at radius 2 is 1.81 bits per heavy atom. The number of thioether (sulfide) groups is 1. The smallest absolute Gasteiger partial charge is 0.303 e. The molecule has 190 valence electrons. The predicted octanol–water partition coefficient (Wildman–Crippen LogP) is 5.95. The molecule has 0 aromatic heterocycles. The maximum atomic E-state index is 13.2. The van der Waals surface area contributed by atoms with Crippen LogP contribution in [0.4, 0.5) is 11.4 Å². The Bertz CT molecular complexity index is 1350. The van der Waals surface area contributed by atoms with E-state index in [1.807, 2.05) is 54.2 Å². The number of nitrogens with one attached hydrogen (secondary N) is 2. The maximum Gasteiger partial charge on any atom is 0.303 e. The Kier molecular flexibility index (Phi) is 7.98. The van der Waals surface area contributed by atoms with E-state index in [4.69, 9.17) is 5.11 Å². The second-order valence-corrected chi connectivity index (χ2v) is 11.3. The fourth-order valence-corrected chi connectivity index (χ4v) is 6.00. The molecule has 2 aliphatic rings. The molecule has 0 atom stereocenters. The zero-order valence-electron chi connectivity index (χ0n) is 20.3. The summed E-state index contributed by atoms with van der Waals surface area (Å²) < 4.78 is 0.890. The normalized spacial score (nSPS) is 16.7. The van der Waals surface area contributed by atoms with Crippen molar-refractivity contribution in [3.8, 4) is 0 Å². The van der Waals surface area contributed by atoms with Crippen LogP contribution >= 0.6 is 27.7 Å². The molecule has 0 saturated carbocycles. The Balaban J connectivity index is 1.49. The van der Waals surface area contributed by atoms with Gasteiger partial charge in [0.05, 0.1) is 17.0 Å². The summed E-state index contributed by atoms with van der Waals surface area (Å²) in [6.07, 6.45) is 0.475. The average molecular weight is 579 g/mol. The highest BCUT2D eigenvalue weighted by molar-refractivity contribution is 9.10. The van der Waals surface area contributed by atoms with E-state index in [0.717, 1.165) is 52.2 Å². The summed E-state index contributed by atoms with van der Waals surface area (Å²) in [7, 11) is 0. The van der Waals surface area contributed by atoms with Crippen LogP contribution in [0.5, 0.6) is 0 Å². The average Bonchev–Trinajstić information content (AvgIpc) is 3.22. The minimum absolute atomic E-state index is 0.0529. The highest BCUT2D eigenvalue weighted by atomic mass is 79.9. The standard InChI is InChI=1S/C29H28BrN3O3S/c30-22-7-10-24-25(17-22)32-29(36)27(24)28(21-3-1-2-19(16-21)6-11-26(34)35)31-23-8-4-20(5-9-23)18-33-12-14-37-15-13-33/h1-5,7-10,16-17,31H,6,11-15,18H2,(H,32,36)(H,34,35). The van der Waals surface area contributed by atoms with Gasteiger partial charge in [0, 0.05) is 53.3 Å². The van der Waals surface area contributed by atoms with E-state index in [0.29, 0.717) is 17.7 Å². The lowest BCUT2D eigenvalue weighted by Gasteiger charge is -2.26. The molecule has 5 rings (SSSR count). The van der Waals surface area contributed by atoms with Gasteiger partial charge < -0.3 is 15.7 Å². The van der Waals surface area contributed by atoms with Crippen molar-refractivity contribution >= 4 is 62.2 Å². The first kappa shape index (κ1) is 25.6. The molecule has 0 bridgehead atoms. The first-order chi connectivity index (χ1) is 18.0. The molecule has 1 saturated heterocycles. The molecular formula is C29H28BrN3O3S. The number of carboxylic acid groups (broad SMARTS) is 1. The van der Waals surface area contributed by atoms with Gasteiger partial charge in [-0.25, -0.2) is 0 Å². The molecular weight excluding hydrogens is 550 g/mol. The molecule has 2 aliphatic heterocycles. The number of amides is 1. The summed E-state index contributed by atoms with van der Waals surface area (Å²) >= 11 is 5.49. The second kappa shape index (κ2) is 11.5. The van der Waals surface area contributed by atoms with Crippen LogP contribution in [0.2, 0.25) is 0 Å². The zero-order valence-corrected chi connectivity index (χ0v) is 22.7. The van der Waals surface area contributed by atoms with Crippen molar-refractivity contribution < 1.29 is 14.7 Å². The summed E-state index contributed by atoms with van der Waals surface area (Å²) in [5, 5.41) is 15.6. The third kappa shape index (κ3) is 6.26. The lowest BCUT2D eigenvalue weighted by Crippen LogP contribution is -2.31. The number of carbonyl (C=O) groups excluding carboxylic acids is 1. The van der Waals surface area contributed by atoms with Gasteiger partial charge in [-0.2, -0.15) is 11.8 Å². The first-order valence-electron chi connectivity index (χ1n) is 12.3. The van der Waals surface area contributed by atoms with Gasteiger partial charge in [0.15, 0.2) is 0 Å². The topological polar surface area (TPSA) is 81.7 Å². The molecule has 0 unspecified atom stereocenters. The van der Waals surface area contributed by atoms with Crippen molar-refractivity contribution in [1.82, 2.24) is 4.90 Å². The van der Waals surface area contributed by atoms with Crippen molar-refractivity contribution in [2.45, 2.75) is 19.4 Å². The monoisotopic (exact) mass is 577 g/mol. The van der Waals surface area contributed by atoms with Crippen molar-refractivity contribution in [2.24, 2.45) is 0 Å². The summed E-state index contributed by atoms with van der Waals surface area (Å²) in [5.41, 5.74) is 6.72. The quantitative estimate of drug-likeness (QED) is 0.287. The molecule has 2 heterocycles. The van der Waals surface area contributed by atoms with E-state index in [1.165, 1.54) is 17.1 Å². The van der Waals surface area contributed by atoms with E-state index in [1.54, 1.807) is 0 Å². The van der Waals surface area contributed by atoms with Crippen LogP contribution in [0, 0.1) is 0 Å². The largest absolute Gasteiger partial charge is 0.481 e. The lowest BCUT2D eigenvalue weighted by molar-refractivity contribution is -0.137. The zero-order chi connectivity index (χ0) is 25.8. The number of anilines is 2. The Morgan fingerprint density at radius 3 is 2.57 bits per heavy atom. The van der Waals surface area contributed by atoms with E-state index >= 15 is 0 Å². The van der Waals surface area contributed by atoms with Gasteiger partial charge in [0.1, 0.15) is 0 Å². The van der Waals surface area contributed by atoms with Crippen LogP contribution in [0.15, 0.2) is 71.2 Å². The van der Waals surface area contributed by atoms with Crippen molar-refractivity contribution in [3.05, 3.63) is 93.5 Å². The molecule has 37 heavy (non-hydrogen) atoms. The SMILES string of the molecule is O=C(O)CCc1cccc(C(Nc2ccc(CN3CCSCC3)cc2)=C2C(=O)Nc3cc(Br)ccc32)c1. The second-order valence-electron chi connectivity index (χ2n) is 9.20.